The van der Waals surface area contributed by atoms with Gasteiger partial charge in [0.15, 0.2) is 0 Å². The van der Waals surface area contributed by atoms with E-state index in [1.54, 1.807) is 0 Å². The zero-order valence-corrected chi connectivity index (χ0v) is 8.29. The highest BCUT2D eigenvalue weighted by atomic mass is 16.5. The molecule has 0 saturated carbocycles. The molecule has 0 bridgehead atoms. The van der Waals surface area contributed by atoms with E-state index in [9.17, 15) is 0 Å². The van der Waals surface area contributed by atoms with Crippen molar-refractivity contribution < 1.29 is 9.47 Å². The summed E-state index contributed by atoms with van der Waals surface area (Å²) in [4.78, 5) is 0. The van der Waals surface area contributed by atoms with E-state index in [4.69, 9.17) is 9.47 Å². The molecule has 13 heavy (non-hydrogen) atoms. The normalized spacial score (nSPS) is 40.8. The van der Waals surface area contributed by atoms with Crippen molar-refractivity contribution in [3.05, 3.63) is 0 Å². The fourth-order valence-corrected chi connectivity index (χ4v) is 2.13. The molecule has 0 amide bonds. The first-order valence-corrected chi connectivity index (χ1v) is 5.31. The summed E-state index contributed by atoms with van der Waals surface area (Å²) in [5.41, 5.74) is 0. The first kappa shape index (κ1) is 9.44. The maximum Gasteiger partial charge on any atom is 0.0700 e. The van der Waals surface area contributed by atoms with Gasteiger partial charge in [-0.15, -0.1) is 0 Å². The van der Waals surface area contributed by atoms with Crippen LogP contribution < -0.4 is 5.32 Å². The Morgan fingerprint density at radius 2 is 2.15 bits per heavy atom. The molecule has 2 rings (SSSR count). The molecule has 3 heteroatoms. The summed E-state index contributed by atoms with van der Waals surface area (Å²) < 4.78 is 10.9. The minimum Gasteiger partial charge on any atom is -0.380 e. The van der Waals surface area contributed by atoms with Crippen molar-refractivity contribution in [1.29, 1.82) is 0 Å². The van der Waals surface area contributed by atoms with Crippen LogP contribution in [0.4, 0.5) is 0 Å². The van der Waals surface area contributed by atoms with Crippen LogP contribution in [0.25, 0.3) is 0 Å². The van der Waals surface area contributed by atoms with Crippen LogP contribution in [-0.2, 0) is 9.47 Å². The van der Waals surface area contributed by atoms with Gasteiger partial charge in [-0.1, -0.05) is 0 Å². The zero-order chi connectivity index (χ0) is 9.10. The van der Waals surface area contributed by atoms with Crippen LogP contribution >= 0.6 is 0 Å². The molecule has 2 aliphatic rings. The van der Waals surface area contributed by atoms with E-state index in [1.165, 1.54) is 12.8 Å². The van der Waals surface area contributed by atoms with Gasteiger partial charge in [-0.25, -0.2) is 0 Å². The molecule has 2 aliphatic heterocycles. The second-order valence-electron chi connectivity index (χ2n) is 4.05. The highest BCUT2D eigenvalue weighted by Gasteiger charge is 2.27. The van der Waals surface area contributed by atoms with Gasteiger partial charge in [0.25, 0.3) is 0 Å². The van der Waals surface area contributed by atoms with Gasteiger partial charge in [-0.3, -0.25) is 0 Å². The molecular weight excluding hydrogens is 166 g/mol. The van der Waals surface area contributed by atoms with Crippen molar-refractivity contribution in [2.24, 2.45) is 0 Å². The van der Waals surface area contributed by atoms with Crippen molar-refractivity contribution in [2.45, 2.75) is 44.4 Å². The van der Waals surface area contributed by atoms with Crippen LogP contribution in [0, 0.1) is 0 Å². The average Bonchev–Trinajstić information content (AvgIpc) is 2.54. The van der Waals surface area contributed by atoms with Gasteiger partial charge in [-0.2, -0.15) is 0 Å². The van der Waals surface area contributed by atoms with Crippen LogP contribution in [0.5, 0.6) is 0 Å². The number of hydrogen-bond donors (Lipinski definition) is 1. The fraction of sp³-hybridized carbons (Fsp3) is 1.00. The summed E-state index contributed by atoms with van der Waals surface area (Å²) in [7, 11) is 0. The summed E-state index contributed by atoms with van der Waals surface area (Å²) in [5.74, 6) is 0. The minimum atomic E-state index is 0.377. The second-order valence-corrected chi connectivity index (χ2v) is 4.05. The smallest absolute Gasteiger partial charge is 0.0700 e. The maximum atomic E-state index is 5.50. The lowest BCUT2D eigenvalue weighted by Crippen LogP contribution is -2.45. The Bertz CT molecular complexity index is 157. The lowest BCUT2D eigenvalue weighted by molar-refractivity contribution is 0.0579. The number of ether oxygens (including phenoxy) is 2. The van der Waals surface area contributed by atoms with E-state index in [0.717, 1.165) is 26.2 Å². The highest BCUT2D eigenvalue weighted by molar-refractivity contribution is 4.83. The van der Waals surface area contributed by atoms with Gasteiger partial charge in [0.1, 0.15) is 0 Å². The molecule has 76 valence electrons. The molecular formula is C10H19NO2. The van der Waals surface area contributed by atoms with E-state index in [0.29, 0.717) is 18.2 Å². The van der Waals surface area contributed by atoms with E-state index >= 15 is 0 Å². The lowest BCUT2D eigenvalue weighted by atomic mass is 10.1. The first-order valence-electron chi connectivity index (χ1n) is 5.31. The Balaban J connectivity index is 1.75. The summed E-state index contributed by atoms with van der Waals surface area (Å²) in [5, 5.41) is 3.62. The minimum absolute atomic E-state index is 0.377. The Morgan fingerprint density at radius 1 is 1.23 bits per heavy atom. The SMILES string of the molecule is CC1OCCC1N[C@@H]1CCCOC1. The van der Waals surface area contributed by atoms with Gasteiger partial charge in [0.2, 0.25) is 0 Å². The summed E-state index contributed by atoms with van der Waals surface area (Å²) >= 11 is 0. The third-order valence-corrected chi connectivity index (χ3v) is 2.99. The monoisotopic (exact) mass is 185 g/mol. The molecule has 0 aromatic heterocycles. The topological polar surface area (TPSA) is 30.5 Å². The number of hydrogen-bond acceptors (Lipinski definition) is 3. The molecule has 0 aromatic carbocycles. The predicted octanol–water partition coefficient (Wildman–Crippen LogP) is 0.932. The molecule has 2 fully saturated rings. The van der Waals surface area contributed by atoms with Crippen LogP contribution in [0.2, 0.25) is 0 Å². The molecule has 2 unspecified atom stereocenters. The van der Waals surface area contributed by atoms with Crippen LogP contribution in [-0.4, -0.2) is 38.0 Å². The van der Waals surface area contributed by atoms with E-state index < -0.39 is 0 Å². The summed E-state index contributed by atoms with van der Waals surface area (Å²) in [6, 6.07) is 1.11. The van der Waals surface area contributed by atoms with E-state index in [1.807, 2.05) is 0 Å². The molecule has 0 spiro atoms. The van der Waals surface area contributed by atoms with Crippen LogP contribution in [0.15, 0.2) is 0 Å². The Kier molecular flexibility index (Phi) is 3.19. The predicted molar refractivity (Wildman–Crippen MR) is 50.8 cm³/mol. The van der Waals surface area contributed by atoms with Gasteiger partial charge < -0.3 is 14.8 Å². The molecule has 0 radical (unpaired) electrons. The summed E-state index contributed by atoms with van der Waals surface area (Å²) in [6.45, 7) is 4.87. The van der Waals surface area contributed by atoms with Gasteiger partial charge in [0.05, 0.1) is 12.7 Å². The largest absolute Gasteiger partial charge is 0.380 e. The molecule has 0 aliphatic carbocycles. The molecule has 3 nitrogen and oxygen atoms in total. The zero-order valence-electron chi connectivity index (χ0n) is 8.29. The van der Waals surface area contributed by atoms with Gasteiger partial charge in [-0.05, 0) is 26.2 Å². The Hall–Kier alpha value is -0.120. The van der Waals surface area contributed by atoms with E-state index in [2.05, 4.69) is 12.2 Å². The van der Waals surface area contributed by atoms with E-state index in [-0.39, 0.29) is 0 Å². The number of rotatable bonds is 2. The third-order valence-electron chi connectivity index (χ3n) is 2.99. The third kappa shape index (κ3) is 2.42. The average molecular weight is 185 g/mol. The van der Waals surface area contributed by atoms with Gasteiger partial charge in [0, 0.05) is 25.3 Å². The second kappa shape index (κ2) is 4.40. The maximum absolute atomic E-state index is 5.50. The van der Waals surface area contributed by atoms with Crippen molar-refractivity contribution in [3.8, 4) is 0 Å². The number of nitrogens with one attached hydrogen (secondary N) is 1. The lowest BCUT2D eigenvalue weighted by Gasteiger charge is -2.27. The molecule has 3 atom stereocenters. The van der Waals surface area contributed by atoms with Crippen molar-refractivity contribution >= 4 is 0 Å². The fourth-order valence-electron chi connectivity index (χ4n) is 2.13. The highest BCUT2D eigenvalue weighted by Crippen LogP contribution is 2.15. The Labute approximate surface area is 79.8 Å². The van der Waals surface area contributed by atoms with Crippen LogP contribution in [0.3, 0.4) is 0 Å². The molecule has 0 aromatic rings. The quantitative estimate of drug-likeness (QED) is 0.694. The van der Waals surface area contributed by atoms with Crippen molar-refractivity contribution in [3.63, 3.8) is 0 Å². The van der Waals surface area contributed by atoms with Gasteiger partial charge >= 0.3 is 0 Å². The van der Waals surface area contributed by atoms with Crippen molar-refractivity contribution in [2.75, 3.05) is 19.8 Å². The molecule has 2 saturated heterocycles. The first-order chi connectivity index (χ1) is 6.36. The molecule has 2 heterocycles. The summed E-state index contributed by atoms with van der Waals surface area (Å²) in [6.07, 6.45) is 3.97. The van der Waals surface area contributed by atoms with Crippen LogP contribution in [0.1, 0.15) is 26.2 Å². The van der Waals surface area contributed by atoms with Crippen molar-refractivity contribution in [1.82, 2.24) is 5.32 Å². The molecule has 1 N–H and O–H groups in total. The Morgan fingerprint density at radius 3 is 2.77 bits per heavy atom. The standard InChI is InChI=1S/C10H19NO2/c1-8-10(4-6-13-8)11-9-3-2-5-12-7-9/h8-11H,2-7H2,1H3/t8?,9-,10?/m1/s1.